The highest BCUT2D eigenvalue weighted by Gasteiger charge is 2.19. The number of aliphatic imine (C=N–C) groups is 1. The van der Waals surface area contributed by atoms with Crippen molar-refractivity contribution in [3.63, 3.8) is 0 Å². The van der Waals surface area contributed by atoms with Crippen LogP contribution in [0.15, 0.2) is 40.2 Å². The molecule has 0 fully saturated rings. The van der Waals surface area contributed by atoms with E-state index in [1.807, 2.05) is 31.2 Å². The molecular weight excluding hydrogens is 242 g/mol. The van der Waals surface area contributed by atoms with Crippen LogP contribution in [-0.2, 0) is 0 Å². The number of nitrogens with zero attached hydrogens (tertiary/aromatic N) is 3. The van der Waals surface area contributed by atoms with Crippen molar-refractivity contribution in [2.75, 3.05) is 7.11 Å². The summed E-state index contributed by atoms with van der Waals surface area (Å²) in [7, 11) is 1.61. The SMILES string of the molecule is COc1ccc(-c2cnc3n(c2=O)C(C)C=N3)cc1. The molecule has 0 N–H and O–H groups in total. The average molecular weight is 255 g/mol. The van der Waals surface area contributed by atoms with Gasteiger partial charge in [-0.2, -0.15) is 0 Å². The molecule has 96 valence electrons. The predicted molar refractivity (Wildman–Crippen MR) is 73.3 cm³/mol. The first kappa shape index (κ1) is 11.6. The Bertz CT molecular complexity index is 702. The number of aromatic nitrogens is 2. The van der Waals surface area contributed by atoms with Gasteiger partial charge in [-0.1, -0.05) is 12.1 Å². The zero-order valence-corrected chi connectivity index (χ0v) is 10.7. The Hall–Kier alpha value is -2.43. The van der Waals surface area contributed by atoms with Gasteiger partial charge in [-0.15, -0.1) is 0 Å². The van der Waals surface area contributed by atoms with Crippen molar-refractivity contribution in [2.45, 2.75) is 13.0 Å². The van der Waals surface area contributed by atoms with Crippen molar-refractivity contribution in [3.8, 4) is 16.9 Å². The number of fused-ring (bicyclic) bond motifs is 1. The van der Waals surface area contributed by atoms with Crippen LogP contribution < -0.4 is 10.3 Å². The van der Waals surface area contributed by atoms with Crippen molar-refractivity contribution >= 4 is 12.2 Å². The summed E-state index contributed by atoms with van der Waals surface area (Å²) in [6.45, 7) is 1.92. The van der Waals surface area contributed by atoms with Crippen molar-refractivity contribution in [3.05, 3.63) is 40.8 Å². The highest BCUT2D eigenvalue weighted by Crippen LogP contribution is 2.23. The van der Waals surface area contributed by atoms with Gasteiger partial charge in [-0.25, -0.2) is 9.98 Å². The van der Waals surface area contributed by atoms with E-state index in [9.17, 15) is 4.79 Å². The second-order valence-electron chi connectivity index (χ2n) is 4.39. The highest BCUT2D eigenvalue weighted by molar-refractivity contribution is 5.71. The smallest absolute Gasteiger partial charge is 0.263 e. The zero-order valence-electron chi connectivity index (χ0n) is 10.7. The largest absolute Gasteiger partial charge is 0.497 e. The minimum absolute atomic E-state index is 0.0480. The van der Waals surface area contributed by atoms with Crippen molar-refractivity contribution < 1.29 is 4.74 Å². The summed E-state index contributed by atoms with van der Waals surface area (Å²) < 4.78 is 6.70. The molecule has 1 aliphatic rings. The predicted octanol–water partition coefficient (Wildman–Crippen LogP) is 2.20. The van der Waals surface area contributed by atoms with Gasteiger partial charge in [0, 0.05) is 12.4 Å². The fourth-order valence-electron chi connectivity index (χ4n) is 2.13. The van der Waals surface area contributed by atoms with Crippen LogP contribution in [0.5, 0.6) is 5.75 Å². The lowest BCUT2D eigenvalue weighted by Gasteiger charge is -2.09. The van der Waals surface area contributed by atoms with E-state index in [2.05, 4.69) is 9.98 Å². The average Bonchev–Trinajstić information content (AvgIpc) is 2.82. The maximum atomic E-state index is 12.4. The molecule has 0 spiro atoms. The molecule has 1 aromatic carbocycles. The lowest BCUT2D eigenvalue weighted by atomic mass is 10.1. The van der Waals surface area contributed by atoms with Crippen molar-refractivity contribution in [2.24, 2.45) is 4.99 Å². The van der Waals surface area contributed by atoms with Gasteiger partial charge in [0.1, 0.15) is 5.75 Å². The van der Waals surface area contributed by atoms with Crippen LogP contribution >= 0.6 is 0 Å². The summed E-state index contributed by atoms with van der Waals surface area (Å²) in [5.74, 6) is 1.23. The van der Waals surface area contributed by atoms with Crippen molar-refractivity contribution in [1.29, 1.82) is 0 Å². The van der Waals surface area contributed by atoms with E-state index in [1.165, 1.54) is 0 Å². The third-order valence-electron chi connectivity index (χ3n) is 3.19. The van der Waals surface area contributed by atoms with Crippen LogP contribution in [0.2, 0.25) is 0 Å². The van der Waals surface area contributed by atoms with Crippen LogP contribution in [0.1, 0.15) is 13.0 Å². The van der Waals surface area contributed by atoms with E-state index in [-0.39, 0.29) is 11.6 Å². The van der Waals surface area contributed by atoms with Crippen LogP contribution in [0.3, 0.4) is 0 Å². The molecule has 0 radical (unpaired) electrons. The molecule has 0 saturated heterocycles. The summed E-state index contributed by atoms with van der Waals surface area (Å²) in [5.41, 5.74) is 1.33. The van der Waals surface area contributed by atoms with Gasteiger partial charge in [0.2, 0.25) is 5.95 Å². The first-order valence-electron chi connectivity index (χ1n) is 6.01. The number of hydrogen-bond acceptors (Lipinski definition) is 4. The summed E-state index contributed by atoms with van der Waals surface area (Å²) in [4.78, 5) is 20.8. The first-order chi connectivity index (χ1) is 9.20. The fourth-order valence-corrected chi connectivity index (χ4v) is 2.13. The van der Waals surface area contributed by atoms with Crippen LogP contribution in [-0.4, -0.2) is 22.9 Å². The fraction of sp³-hybridized carbons (Fsp3) is 0.214. The first-order valence-corrected chi connectivity index (χ1v) is 6.01. The van der Waals surface area contributed by atoms with Gasteiger partial charge < -0.3 is 4.74 Å². The minimum atomic E-state index is -0.0693. The third-order valence-corrected chi connectivity index (χ3v) is 3.19. The lowest BCUT2D eigenvalue weighted by molar-refractivity contribution is 0.415. The molecule has 3 rings (SSSR count). The Morgan fingerprint density at radius 1 is 1.26 bits per heavy atom. The normalized spacial score (nSPS) is 16.4. The van der Waals surface area contributed by atoms with Gasteiger partial charge in [-0.3, -0.25) is 9.36 Å². The van der Waals surface area contributed by atoms with E-state index < -0.39 is 0 Å². The van der Waals surface area contributed by atoms with Crippen LogP contribution in [0, 0.1) is 0 Å². The lowest BCUT2D eigenvalue weighted by Crippen LogP contribution is -2.23. The molecule has 5 heteroatoms. The molecule has 0 saturated carbocycles. The zero-order chi connectivity index (χ0) is 13.4. The Kier molecular flexibility index (Phi) is 2.67. The van der Waals surface area contributed by atoms with Gasteiger partial charge in [0.15, 0.2) is 0 Å². The summed E-state index contributed by atoms with van der Waals surface area (Å²) in [6, 6.07) is 7.31. The molecule has 19 heavy (non-hydrogen) atoms. The second-order valence-corrected chi connectivity index (χ2v) is 4.39. The molecular formula is C14H13N3O2. The molecule has 5 nitrogen and oxygen atoms in total. The van der Waals surface area contributed by atoms with E-state index in [4.69, 9.17) is 4.74 Å². The topological polar surface area (TPSA) is 56.5 Å². The summed E-state index contributed by atoms with van der Waals surface area (Å²) >= 11 is 0. The third kappa shape index (κ3) is 1.83. The molecule has 2 heterocycles. The van der Waals surface area contributed by atoms with Crippen molar-refractivity contribution in [1.82, 2.24) is 9.55 Å². The monoisotopic (exact) mass is 255 g/mol. The van der Waals surface area contributed by atoms with E-state index in [0.717, 1.165) is 11.3 Å². The Balaban J connectivity index is 2.12. The quantitative estimate of drug-likeness (QED) is 0.826. The minimum Gasteiger partial charge on any atom is -0.497 e. The molecule has 1 atom stereocenters. The van der Waals surface area contributed by atoms with E-state index in [0.29, 0.717) is 11.5 Å². The maximum Gasteiger partial charge on any atom is 0.263 e. The molecule has 1 aliphatic heterocycles. The van der Waals surface area contributed by atoms with Gasteiger partial charge in [0.05, 0.1) is 18.7 Å². The standard InChI is InChI=1S/C14H13N3O2/c1-9-7-15-14-16-8-12(13(18)17(9)14)10-3-5-11(19-2)6-4-10/h3-9H,1-2H3. The molecule has 0 amide bonds. The Morgan fingerprint density at radius 3 is 2.68 bits per heavy atom. The Morgan fingerprint density at radius 2 is 2.00 bits per heavy atom. The number of ether oxygens (including phenoxy) is 1. The number of rotatable bonds is 2. The Labute approximate surface area is 110 Å². The number of hydrogen-bond donors (Lipinski definition) is 0. The number of methoxy groups -OCH3 is 1. The molecule has 1 aromatic heterocycles. The molecule has 0 bridgehead atoms. The van der Waals surface area contributed by atoms with E-state index >= 15 is 0 Å². The molecule has 2 aromatic rings. The van der Waals surface area contributed by atoms with E-state index in [1.54, 1.807) is 24.1 Å². The van der Waals surface area contributed by atoms with Gasteiger partial charge >= 0.3 is 0 Å². The molecule has 0 aliphatic carbocycles. The van der Waals surface area contributed by atoms with Gasteiger partial charge in [-0.05, 0) is 24.6 Å². The van der Waals surface area contributed by atoms with Crippen LogP contribution in [0.25, 0.3) is 11.1 Å². The van der Waals surface area contributed by atoms with Gasteiger partial charge in [0.25, 0.3) is 5.56 Å². The summed E-state index contributed by atoms with van der Waals surface area (Å²) in [6.07, 6.45) is 3.30. The summed E-state index contributed by atoms with van der Waals surface area (Å²) in [5, 5.41) is 0. The second kappa shape index (κ2) is 4.35. The van der Waals surface area contributed by atoms with Crippen LogP contribution in [0.4, 0.5) is 5.95 Å². The maximum absolute atomic E-state index is 12.4. The molecule has 1 unspecified atom stereocenters. The highest BCUT2D eigenvalue weighted by atomic mass is 16.5. The number of benzene rings is 1.